The number of benzene rings is 2. The lowest BCUT2D eigenvalue weighted by atomic mass is 9.85. The first-order valence-electron chi connectivity index (χ1n) is 7.86. The molecule has 1 aliphatic heterocycles. The number of thioether (sulfide) groups is 1. The van der Waals surface area contributed by atoms with E-state index in [0.29, 0.717) is 0 Å². The quantitative estimate of drug-likeness (QED) is 0.617. The van der Waals surface area contributed by atoms with Crippen LogP contribution >= 0.6 is 11.8 Å². The van der Waals surface area contributed by atoms with Crippen molar-refractivity contribution in [2.45, 2.75) is 23.2 Å². The number of rotatable bonds is 4. The van der Waals surface area contributed by atoms with E-state index in [1.165, 1.54) is 0 Å². The molecule has 1 unspecified atom stereocenters. The van der Waals surface area contributed by atoms with E-state index in [9.17, 15) is 9.59 Å². The van der Waals surface area contributed by atoms with E-state index >= 15 is 0 Å². The van der Waals surface area contributed by atoms with Gasteiger partial charge in [0.2, 0.25) is 0 Å². The van der Waals surface area contributed by atoms with E-state index in [1.807, 2.05) is 55.5 Å². The van der Waals surface area contributed by atoms with Gasteiger partial charge in [-0.05, 0) is 18.6 Å². The third-order valence-corrected chi connectivity index (χ3v) is 5.25. The maximum absolute atomic E-state index is 12.3. The number of esters is 2. The third kappa shape index (κ3) is 3.46. The molecule has 3 rings (SSSR count). The first kappa shape index (κ1) is 17.3. The third-order valence-electron chi connectivity index (χ3n) is 4.13. The van der Waals surface area contributed by atoms with Gasteiger partial charge in [-0.25, -0.2) is 9.59 Å². The van der Waals surface area contributed by atoms with Crippen LogP contribution < -0.4 is 0 Å². The minimum atomic E-state index is -0.950. The maximum Gasteiger partial charge on any atom is 0.345 e. The van der Waals surface area contributed by atoms with Crippen LogP contribution in [0.1, 0.15) is 23.6 Å². The van der Waals surface area contributed by atoms with Gasteiger partial charge in [0.25, 0.3) is 0 Å². The summed E-state index contributed by atoms with van der Waals surface area (Å²) >= 11 is 1.71. The molecule has 0 fully saturated rings. The molecule has 0 bridgehead atoms. The number of hydrogen-bond donors (Lipinski definition) is 0. The van der Waals surface area contributed by atoms with Gasteiger partial charge in [-0.3, -0.25) is 0 Å². The Bertz CT molecular complexity index is 780. The highest BCUT2D eigenvalue weighted by Crippen LogP contribution is 2.45. The molecule has 0 aliphatic carbocycles. The minimum absolute atomic E-state index is 0.447. The summed E-state index contributed by atoms with van der Waals surface area (Å²) in [4.78, 5) is 24.6. The lowest BCUT2D eigenvalue weighted by Crippen LogP contribution is -2.33. The molecule has 0 spiro atoms. The number of fused-ring (bicyclic) bond motifs is 2. The molecule has 0 N–H and O–H groups in total. The second-order valence-electron chi connectivity index (χ2n) is 5.76. The highest BCUT2D eigenvalue weighted by Gasteiger charge is 2.38. The normalized spacial score (nSPS) is 18.3. The number of hydrogen-bond acceptors (Lipinski definition) is 5. The Balaban J connectivity index is 1.99. The Labute approximate surface area is 150 Å². The highest BCUT2D eigenvalue weighted by molar-refractivity contribution is 7.98. The van der Waals surface area contributed by atoms with Crippen LogP contribution in [0.15, 0.2) is 66.1 Å². The van der Waals surface area contributed by atoms with E-state index in [-0.39, 0.29) is 0 Å². The van der Waals surface area contributed by atoms with Gasteiger partial charge in [-0.15, -0.1) is 11.8 Å². The van der Waals surface area contributed by atoms with Crippen molar-refractivity contribution in [3.63, 3.8) is 0 Å². The van der Waals surface area contributed by atoms with Crippen molar-refractivity contribution in [2.75, 3.05) is 6.61 Å². The summed E-state index contributed by atoms with van der Waals surface area (Å²) in [5.41, 5.74) is 2.03. The van der Waals surface area contributed by atoms with E-state index in [2.05, 4.69) is 6.58 Å². The van der Waals surface area contributed by atoms with E-state index < -0.39 is 24.1 Å². The standard InChI is InChI=1S/C20H18O4S/c1-3-18(21)23-12-19(22)24-20(2)15-9-5-4-8-14(15)13-25-17-11-7-6-10-16(17)20/h3-11H,1,12-13H2,2H3. The molecule has 1 aliphatic rings. The van der Waals surface area contributed by atoms with Gasteiger partial charge in [0.15, 0.2) is 12.2 Å². The van der Waals surface area contributed by atoms with Crippen LogP contribution in [-0.2, 0) is 30.4 Å². The summed E-state index contributed by atoms with van der Waals surface area (Å²) in [6.45, 7) is 4.74. The van der Waals surface area contributed by atoms with Crippen LogP contribution in [0, 0.1) is 0 Å². The van der Waals surface area contributed by atoms with Crippen LogP contribution in [-0.4, -0.2) is 18.5 Å². The number of carbonyl (C=O) groups is 2. The van der Waals surface area contributed by atoms with Gasteiger partial charge >= 0.3 is 11.9 Å². The Morgan fingerprint density at radius 1 is 1.16 bits per heavy atom. The number of ether oxygens (including phenoxy) is 2. The molecular weight excluding hydrogens is 336 g/mol. The Hall–Kier alpha value is -2.53. The maximum atomic E-state index is 12.3. The predicted molar refractivity (Wildman–Crippen MR) is 96.1 cm³/mol. The predicted octanol–water partition coefficient (Wildman–Crippen LogP) is 3.83. The molecule has 2 aromatic rings. The summed E-state index contributed by atoms with van der Waals surface area (Å²) in [6, 6.07) is 15.8. The van der Waals surface area contributed by atoms with E-state index in [1.54, 1.807) is 11.8 Å². The largest absolute Gasteiger partial charge is 0.451 e. The monoisotopic (exact) mass is 354 g/mol. The van der Waals surface area contributed by atoms with Crippen LogP contribution in [0.5, 0.6) is 0 Å². The molecule has 1 heterocycles. The summed E-state index contributed by atoms with van der Waals surface area (Å²) < 4.78 is 10.7. The van der Waals surface area contributed by atoms with Crippen LogP contribution in [0.2, 0.25) is 0 Å². The fourth-order valence-corrected chi connectivity index (χ4v) is 4.11. The molecule has 0 amide bonds. The fraction of sp³-hybridized carbons (Fsp3) is 0.200. The van der Waals surface area contributed by atoms with E-state index in [0.717, 1.165) is 33.4 Å². The SMILES string of the molecule is C=CC(=O)OCC(=O)OC1(C)c2ccccc2CSc2ccccc21. The molecule has 4 nitrogen and oxygen atoms in total. The molecule has 0 saturated heterocycles. The molecular formula is C20H18O4S. The van der Waals surface area contributed by atoms with Crippen molar-refractivity contribution in [1.29, 1.82) is 0 Å². The zero-order chi connectivity index (χ0) is 17.9. The second kappa shape index (κ2) is 7.15. The highest BCUT2D eigenvalue weighted by atomic mass is 32.2. The van der Waals surface area contributed by atoms with Crippen LogP contribution in [0.4, 0.5) is 0 Å². The second-order valence-corrected chi connectivity index (χ2v) is 6.78. The summed E-state index contributed by atoms with van der Waals surface area (Å²) in [5.74, 6) is -0.459. The first-order valence-corrected chi connectivity index (χ1v) is 8.85. The van der Waals surface area contributed by atoms with Gasteiger partial charge < -0.3 is 9.47 Å². The summed E-state index contributed by atoms with van der Waals surface area (Å²) in [7, 11) is 0. The van der Waals surface area contributed by atoms with Gasteiger partial charge in [-0.1, -0.05) is 49.0 Å². The van der Waals surface area contributed by atoms with Crippen molar-refractivity contribution >= 4 is 23.7 Å². The topological polar surface area (TPSA) is 52.6 Å². The van der Waals surface area contributed by atoms with Crippen molar-refractivity contribution in [3.8, 4) is 0 Å². The Morgan fingerprint density at radius 3 is 2.60 bits per heavy atom. The molecule has 25 heavy (non-hydrogen) atoms. The molecule has 0 radical (unpaired) electrons. The summed E-state index contributed by atoms with van der Waals surface area (Å²) in [6.07, 6.45) is 1.02. The van der Waals surface area contributed by atoms with Crippen LogP contribution in [0.25, 0.3) is 0 Å². The average molecular weight is 354 g/mol. The Kier molecular flexibility index (Phi) is 4.95. The van der Waals surface area contributed by atoms with Crippen molar-refractivity contribution in [3.05, 3.63) is 77.9 Å². The zero-order valence-corrected chi connectivity index (χ0v) is 14.7. The minimum Gasteiger partial charge on any atom is -0.451 e. The zero-order valence-electron chi connectivity index (χ0n) is 13.9. The van der Waals surface area contributed by atoms with Gasteiger partial charge in [-0.2, -0.15) is 0 Å². The van der Waals surface area contributed by atoms with Gasteiger partial charge in [0, 0.05) is 27.9 Å². The molecule has 128 valence electrons. The summed E-state index contributed by atoms with van der Waals surface area (Å²) in [5, 5.41) is 0. The lowest BCUT2D eigenvalue weighted by molar-refractivity contribution is -0.165. The molecule has 5 heteroatoms. The van der Waals surface area contributed by atoms with Crippen molar-refractivity contribution < 1.29 is 19.1 Å². The smallest absolute Gasteiger partial charge is 0.345 e. The molecule has 1 atom stereocenters. The van der Waals surface area contributed by atoms with Gasteiger partial charge in [0.05, 0.1) is 0 Å². The van der Waals surface area contributed by atoms with Crippen LogP contribution in [0.3, 0.4) is 0 Å². The lowest BCUT2D eigenvalue weighted by Gasteiger charge is -2.31. The Morgan fingerprint density at radius 2 is 1.84 bits per heavy atom. The first-order chi connectivity index (χ1) is 12.0. The molecule has 0 saturated carbocycles. The van der Waals surface area contributed by atoms with Crippen molar-refractivity contribution in [1.82, 2.24) is 0 Å². The van der Waals surface area contributed by atoms with Crippen molar-refractivity contribution in [2.24, 2.45) is 0 Å². The average Bonchev–Trinajstić information content (AvgIpc) is 2.76. The fourth-order valence-electron chi connectivity index (χ4n) is 2.95. The molecule has 2 aromatic carbocycles. The van der Waals surface area contributed by atoms with E-state index in [4.69, 9.17) is 9.47 Å². The molecule has 0 aromatic heterocycles. The van der Waals surface area contributed by atoms with Gasteiger partial charge in [0.1, 0.15) is 0 Å². The number of carbonyl (C=O) groups excluding carboxylic acids is 2.